The molecule has 0 atom stereocenters. The highest BCUT2D eigenvalue weighted by Crippen LogP contribution is 2.20. The molecular formula is C4H9ClF3NS. The Morgan fingerprint density at radius 3 is 2.10 bits per heavy atom. The number of hydrogen-bond acceptors (Lipinski definition) is 2. The SMILES string of the molecule is Cl.NCCSCC(F)(F)F. The Balaban J connectivity index is 0. The third-order valence-corrected chi connectivity index (χ3v) is 1.58. The summed E-state index contributed by atoms with van der Waals surface area (Å²) < 4.78 is 34.0. The van der Waals surface area contributed by atoms with Crippen molar-refractivity contribution >= 4 is 24.2 Å². The lowest BCUT2D eigenvalue weighted by Crippen LogP contribution is -2.13. The van der Waals surface area contributed by atoms with Crippen LogP contribution >= 0.6 is 24.2 Å². The second-order valence-electron chi connectivity index (χ2n) is 1.46. The number of nitrogens with two attached hydrogens (primary N) is 1. The van der Waals surface area contributed by atoms with Crippen LogP contribution in [0.3, 0.4) is 0 Å². The van der Waals surface area contributed by atoms with Crippen LogP contribution in [-0.4, -0.2) is 24.2 Å². The molecule has 0 rings (SSSR count). The van der Waals surface area contributed by atoms with Crippen LogP contribution in [0.15, 0.2) is 0 Å². The van der Waals surface area contributed by atoms with Crippen molar-refractivity contribution in [2.45, 2.75) is 6.18 Å². The van der Waals surface area contributed by atoms with Gasteiger partial charge in [-0.05, 0) is 0 Å². The van der Waals surface area contributed by atoms with Gasteiger partial charge in [-0.25, -0.2) is 0 Å². The highest BCUT2D eigenvalue weighted by molar-refractivity contribution is 7.99. The molecule has 0 aromatic heterocycles. The van der Waals surface area contributed by atoms with Gasteiger partial charge in [-0.3, -0.25) is 0 Å². The summed E-state index contributed by atoms with van der Waals surface area (Å²) in [6.45, 7) is 0.306. The summed E-state index contributed by atoms with van der Waals surface area (Å²) in [7, 11) is 0. The Kier molecular flexibility index (Phi) is 7.97. The molecule has 0 aliphatic rings. The van der Waals surface area contributed by atoms with Gasteiger partial charge in [0.1, 0.15) is 0 Å². The molecular weight excluding hydrogens is 187 g/mol. The lowest BCUT2D eigenvalue weighted by atomic mass is 10.8. The summed E-state index contributed by atoms with van der Waals surface area (Å²) in [5.74, 6) is -0.413. The zero-order valence-electron chi connectivity index (χ0n) is 5.15. The van der Waals surface area contributed by atoms with E-state index < -0.39 is 11.9 Å². The predicted molar refractivity (Wildman–Crippen MR) is 39.7 cm³/mol. The minimum absolute atomic E-state index is 0. The summed E-state index contributed by atoms with van der Waals surface area (Å²) in [4.78, 5) is 0. The summed E-state index contributed by atoms with van der Waals surface area (Å²) in [6, 6.07) is 0. The summed E-state index contributed by atoms with van der Waals surface area (Å²) in [5, 5.41) is 0. The van der Waals surface area contributed by atoms with Crippen LogP contribution in [0.2, 0.25) is 0 Å². The van der Waals surface area contributed by atoms with Crippen molar-refractivity contribution in [2.75, 3.05) is 18.1 Å². The minimum atomic E-state index is -4.04. The number of halogens is 4. The lowest BCUT2D eigenvalue weighted by molar-refractivity contribution is -0.105. The highest BCUT2D eigenvalue weighted by Gasteiger charge is 2.26. The standard InChI is InChI=1S/C4H8F3NS.ClH/c5-4(6,7)3-9-2-1-8;/h1-3,8H2;1H. The molecule has 0 unspecified atom stereocenters. The van der Waals surface area contributed by atoms with Crippen molar-refractivity contribution in [2.24, 2.45) is 5.73 Å². The molecule has 0 saturated heterocycles. The molecule has 6 heteroatoms. The quantitative estimate of drug-likeness (QED) is 0.694. The fourth-order valence-electron chi connectivity index (χ4n) is 0.271. The summed E-state index contributed by atoms with van der Waals surface area (Å²) >= 11 is 0.810. The first-order valence-electron chi connectivity index (χ1n) is 2.41. The number of hydrogen-bond donors (Lipinski definition) is 1. The minimum Gasteiger partial charge on any atom is -0.330 e. The Morgan fingerprint density at radius 1 is 1.30 bits per heavy atom. The third kappa shape index (κ3) is 11.2. The van der Waals surface area contributed by atoms with Crippen molar-refractivity contribution in [3.63, 3.8) is 0 Å². The Labute approximate surface area is 67.9 Å². The van der Waals surface area contributed by atoms with Crippen LogP contribution in [0.25, 0.3) is 0 Å². The second-order valence-corrected chi connectivity index (χ2v) is 2.56. The van der Waals surface area contributed by atoms with E-state index in [4.69, 9.17) is 5.73 Å². The van der Waals surface area contributed by atoms with E-state index >= 15 is 0 Å². The molecule has 0 saturated carbocycles. The van der Waals surface area contributed by atoms with Gasteiger partial charge in [0, 0.05) is 12.3 Å². The van der Waals surface area contributed by atoms with E-state index in [9.17, 15) is 13.2 Å². The van der Waals surface area contributed by atoms with Crippen molar-refractivity contribution in [3.05, 3.63) is 0 Å². The predicted octanol–water partition coefficient (Wildman–Crippen LogP) is 1.66. The van der Waals surface area contributed by atoms with Gasteiger partial charge in [0.2, 0.25) is 0 Å². The Hall–Kier alpha value is 0.390. The Bertz CT molecular complexity index is 77.4. The van der Waals surface area contributed by atoms with Gasteiger partial charge in [-0.1, -0.05) is 0 Å². The van der Waals surface area contributed by atoms with Crippen LogP contribution in [0.4, 0.5) is 13.2 Å². The van der Waals surface area contributed by atoms with Crippen molar-refractivity contribution < 1.29 is 13.2 Å². The smallest absolute Gasteiger partial charge is 0.330 e. The van der Waals surface area contributed by atoms with Crippen LogP contribution < -0.4 is 5.73 Å². The van der Waals surface area contributed by atoms with Gasteiger partial charge < -0.3 is 5.73 Å². The molecule has 2 N–H and O–H groups in total. The van der Waals surface area contributed by atoms with Crippen molar-refractivity contribution in [1.82, 2.24) is 0 Å². The maximum Gasteiger partial charge on any atom is 0.397 e. The van der Waals surface area contributed by atoms with Crippen molar-refractivity contribution in [1.29, 1.82) is 0 Å². The van der Waals surface area contributed by atoms with Gasteiger partial charge in [0.05, 0.1) is 5.75 Å². The molecule has 0 radical (unpaired) electrons. The van der Waals surface area contributed by atoms with E-state index in [1.54, 1.807) is 0 Å². The van der Waals surface area contributed by atoms with E-state index in [0.29, 0.717) is 12.3 Å². The first-order chi connectivity index (χ1) is 4.06. The lowest BCUT2D eigenvalue weighted by Gasteiger charge is -2.03. The number of rotatable bonds is 3. The van der Waals surface area contributed by atoms with Gasteiger partial charge in [0.25, 0.3) is 0 Å². The van der Waals surface area contributed by atoms with E-state index in [2.05, 4.69) is 0 Å². The maximum absolute atomic E-state index is 11.3. The summed E-state index contributed by atoms with van der Waals surface area (Å²) in [6.07, 6.45) is -4.04. The van der Waals surface area contributed by atoms with Crippen LogP contribution in [0, 0.1) is 0 Å². The van der Waals surface area contributed by atoms with Gasteiger partial charge in [0.15, 0.2) is 0 Å². The normalized spacial score (nSPS) is 10.8. The zero-order valence-corrected chi connectivity index (χ0v) is 6.78. The molecule has 0 aliphatic heterocycles. The third-order valence-electron chi connectivity index (χ3n) is 0.528. The number of thioether (sulfide) groups is 1. The van der Waals surface area contributed by atoms with E-state index in [0.717, 1.165) is 11.8 Å². The van der Waals surface area contributed by atoms with Gasteiger partial charge >= 0.3 is 6.18 Å². The molecule has 0 aliphatic carbocycles. The molecule has 64 valence electrons. The molecule has 0 aromatic carbocycles. The van der Waals surface area contributed by atoms with Crippen LogP contribution in [-0.2, 0) is 0 Å². The van der Waals surface area contributed by atoms with E-state index in [1.165, 1.54) is 0 Å². The fraction of sp³-hybridized carbons (Fsp3) is 1.00. The van der Waals surface area contributed by atoms with Crippen molar-refractivity contribution in [3.8, 4) is 0 Å². The largest absolute Gasteiger partial charge is 0.397 e. The highest BCUT2D eigenvalue weighted by atomic mass is 35.5. The monoisotopic (exact) mass is 195 g/mol. The molecule has 0 bridgehead atoms. The van der Waals surface area contributed by atoms with E-state index in [1.807, 2.05) is 0 Å². The Morgan fingerprint density at radius 2 is 1.80 bits per heavy atom. The molecule has 0 spiro atoms. The first kappa shape index (κ1) is 13.0. The van der Waals surface area contributed by atoms with Gasteiger partial charge in [-0.2, -0.15) is 24.9 Å². The molecule has 0 aromatic rings. The van der Waals surface area contributed by atoms with E-state index in [-0.39, 0.29) is 12.4 Å². The summed E-state index contributed by atoms with van der Waals surface area (Å²) in [5.41, 5.74) is 4.97. The molecule has 0 amide bonds. The molecule has 0 fully saturated rings. The molecule has 1 nitrogen and oxygen atoms in total. The number of alkyl halides is 3. The average Bonchev–Trinajstić information content (AvgIpc) is 1.63. The zero-order chi connectivity index (χ0) is 7.33. The van der Waals surface area contributed by atoms with Crippen LogP contribution in [0.5, 0.6) is 0 Å². The van der Waals surface area contributed by atoms with Crippen LogP contribution in [0.1, 0.15) is 0 Å². The first-order valence-corrected chi connectivity index (χ1v) is 3.56. The average molecular weight is 196 g/mol. The molecule has 10 heavy (non-hydrogen) atoms. The molecule has 0 heterocycles. The maximum atomic E-state index is 11.3. The van der Waals surface area contributed by atoms with Gasteiger partial charge in [-0.15, -0.1) is 12.4 Å². The second kappa shape index (κ2) is 6.12. The fourth-order valence-corrected chi connectivity index (χ4v) is 0.814. The topological polar surface area (TPSA) is 26.0 Å².